The van der Waals surface area contributed by atoms with Crippen molar-refractivity contribution in [2.24, 2.45) is 0 Å². The molecule has 1 aliphatic rings. The minimum Gasteiger partial charge on any atom is -0.482 e. The highest BCUT2D eigenvalue weighted by Crippen LogP contribution is 2.20. The van der Waals surface area contributed by atoms with E-state index in [0.717, 1.165) is 12.8 Å². The number of rotatable bonds is 6. The zero-order chi connectivity index (χ0) is 17.6. The SMILES string of the molecule is N#Cc1ccccc1OCC(=O)Nc1ccc(C(=O)NC2CC2)cc1. The summed E-state index contributed by atoms with van der Waals surface area (Å²) in [5.74, 6) is -0.0769. The van der Waals surface area contributed by atoms with E-state index in [1.54, 1.807) is 48.5 Å². The van der Waals surface area contributed by atoms with Gasteiger partial charge in [0.1, 0.15) is 11.8 Å². The highest BCUT2D eigenvalue weighted by molar-refractivity contribution is 5.96. The van der Waals surface area contributed by atoms with Gasteiger partial charge in [-0.1, -0.05) is 12.1 Å². The number of para-hydroxylation sites is 1. The van der Waals surface area contributed by atoms with Crippen molar-refractivity contribution in [3.8, 4) is 11.8 Å². The molecule has 1 aliphatic carbocycles. The monoisotopic (exact) mass is 335 g/mol. The summed E-state index contributed by atoms with van der Waals surface area (Å²) in [6.07, 6.45) is 2.07. The molecule has 2 aromatic carbocycles. The van der Waals surface area contributed by atoms with Gasteiger partial charge in [0.25, 0.3) is 11.8 Å². The molecular weight excluding hydrogens is 318 g/mol. The maximum absolute atomic E-state index is 12.0. The zero-order valence-corrected chi connectivity index (χ0v) is 13.5. The van der Waals surface area contributed by atoms with E-state index >= 15 is 0 Å². The van der Waals surface area contributed by atoms with Crippen molar-refractivity contribution in [1.82, 2.24) is 5.32 Å². The summed E-state index contributed by atoms with van der Waals surface area (Å²) < 4.78 is 5.38. The number of hydrogen-bond acceptors (Lipinski definition) is 4. The summed E-state index contributed by atoms with van der Waals surface area (Å²) in [5, 5.41) is 14.6. The summed E-state index contributed by atoms with van der Waals surface area (Å²) in [4.78, 5) is 23.9. The van der Waals surface area contributed by atoms with Crippen LogP contribution in [0.5, 0.6) is 5.75 Å². The summed E-state index contributed by atoms with van der Waals surface area (Å²) in [5.41, 5.74) is 1.51. The minimum absolute atomic E-state index is 0.100. The molecule has 0 radical (unpaired) electrons. The Bertz CT molecular complexity index is 821. The number of hydrogen-bond donors (Lipinski definition) is 2. The summed E-state index contributed by atoms with van der Waals surface area (Å²) >= 11 is 0. The molecule has 25 heavy (non-hydrogen) atoms. The molecule has 1 fully saturated rings. The molecule has 0 unspecified atom stereocenters. The predicted octanol–water partition coefficient (Wildman–Crippen LogP) is 2.47. The molecule has 126 valence electrons. The van der Waals surface area contributed by atoms with Crippen LogP contribution in [0.4, 0.5) is 5.69 Å². The largest absolute Gasteiger partial charge is 0.482 e. The van der Waals surface area contributed by atoms with E-state index < -0.39 is 0 Å². The van der Waals surface area contributed by atoms with Crippen LogP contribution in [0.25, 0.3) is 0 Å². The first kappa shape index (κ1) is 16.5. The molecule has 0 spiro atoms. The van der Waals surface area contributed by atoms with Gasteiger partial charge in [0.15, 0.2) is 6.61 Å². The van der Waals surface area contributed by atoms with Gasteiger partial charge >= 0.3 is 0 Å². The Morgan fingerprint density at radius 3 is 2.52 bits per heavy atom. The molecule has 2 N–H and O–H groups in total. The Labute approximate surface area is 145 Å². The van der Waals surface area contributed by atoms with Crippen LogP contribution in [0.15, 0.2) is 48.5 Å². The molecule has 0 heterocycles. The van der Waals surface area contributed by atoms with Crippen LogP contribution in [0.2, 0.25) is 0 Å². The molecule has 0 bridgehead atoms. The molecule has 0 saturated heterocycles. The Hall–Kier alpha value is -3.33. The average molecular weight is 335 g/mol. The van der Waals surface area contributed by atoms with E-state index in [1.807, 2.05) is 6.07 Å². The molecule has 0 atom stereocenters. The number of carbonyl (C=O) groups excluding carboxylic acids is 2. The molecule has 1 saturated carbocycles. The van der Waals surface area contributed by atoms with E-state index in [2.05, 4.69) is 10.6 Å². The van der Waals surface area contributed by atoms with Gasteiger partial charge in [-0.25, -0.2) is 0 Å². The number of nitrogens with one attached hydrogen (secondary N) is 2. The van der Waals surface area contributed by atoms with E-state index in [0.29, 0.717) is 28.6 Å². The van der Waals surface area contributed by atoms with Crippen LogP contribution in [-0.2, 0) is 4.79 Å². The fraction of sp³-hybridized carbons (Fsp3) is 0.211. The first-order chi connectivity index (χ1) is 12.2. The standard InChI is InChI=1S/C19H17N3O3/c20-11-14-3-1-2-4-17(14)25-12-18(23)21-15-7-5-13(6-8-15)19(24)22-16-9-10-16/h1-8,16H,9-10,12H2,(H,21,23)(H,22,24). The van der Waals surface area contributed by atoms with Gasteiger partial charge in [-0.05, 0) is 49.2 Å². The average Bonchev–Trinajstić information content (AvgIpc) is 3.44. The Morgan fingerprint density at radius 2 is 1.84 bits per heavy atom. The predicted molar refractivity (Wildman–Crippen MR) is 92.2 cm³/mol. The second-order valence-electron chi connectivity index (χ2n) is 5.77. The van der Waals surface area contributed by atoms with Gasteiger partial charge in [0.2, 0.25) is 0 Å². The number of amides is 2. The van der Waals surface area contributed by atoms with Gasteiger partial charge in [-0.3, -0.25) is 9.59 Å². The lowest BCUT2D eigenvalue weighted by Crippen LogP contribution is -2.25. The van der Waals surface area contributed by atoms with E-state index in [9.17, 15) is 9.59 Å². The van der Waals surface area contributed by atoms with Crippen molar-refractivity contribution in [1.29, 1.82) is 5.26 Å². The topological polar surface area (TPSA) is 91.2 Å². The molecule has 2 amide bonds. The molecule has 0 aliphatic heterocycles. The lowest BCUT2D eigenvalue weighted by atomic mass is 10.2. The quantitative estimate of drug-likeness (QED) is 0.848. The maximum atomic E-state index is 12.0. The first-order valence-electron chi connectivity index (χ1n) is 7.98. The summed E-state index contributed by atoms with van der Waals surface area (Å²) in [7, 11) is 0. The molecular formula is C19H17N3O3. The van der Waals surface area contributed by atoms with Gasteiger partial charge in [-0.2, -0.15) is 5.26 Å². The van der Waals surface area contributed by atoms with Crippen molar-refractivity contribution in [2.75, 3.05) is 11.9 Å². The molecule has 2 aromatic rings. The number of anilines is 1. The van der Waals surface area contributed by atoms with E-state index in [4.69, 9.17) is 10.00 Å². The number of benzene rings is 2. The van der Waals surface area contributed by atoms with E-state index in [-0.39, 0.29) is 18.4 Å². The molecule has 3 rings (SSSR count). The third-order valence-corrected chi connectivity index (χ3v) is 3.71. The zero-order valence-electron chi connectivity index (χ0n) is 13.5. The number of nitriles is 1. The smallest absolute Gasteiger partial charge is 0.262 e. The van der Waals surface area contributed by atoms with Crippen LogP contribution in [-0.4, -0.2) is 24.5 Å². The van der Waals surface area contributed by atoms with Crippen molar-refractivity contribution in [3.05, 3.63) is 59.7 Å². The van der Waals surface area contributed by atoms with Gasteiger partial charge in [0.05, 0.1) is 5.56 Å². The van der Waals surface area contributed by atoms with Crippen LogP contribution < -0.4 is 15.4 Å². The highest BCUT2D eigenvalue weighted by Gasteiger charge is 2.23. The second-order valence-corrected chi connectivity index (χ2v) is 5.77. The third-order valence-electron chi connectivity index (χ3n) is 3.71. The first-order valence-corrected chi connectivity index (χ1v) is 7.98. The number of ether oxygens (including phenoxy) is 1. The van der Waals surface area contributed by atoms with Crippen LogP contribution in [0, 0.1) is 11.3 Å². The van der Waals surface area contributed by atoms with Crippen molar-refractivity contribution in [2.45, 2.75) is 18.9 Å². The normalized spacial score (nSPS) is 12.8. The van der Waals surface area contributed by atoms with Crippen LogP contribution in [0.3, 0.4) is 0 Å². The third kappa shape index (κ3) is 4.58. The Balaban J connectivity index is 1.52. The van der Waals surface area contributed by atoms with Gasteiger partial charge < -0.3 is 15.4 Å². The molecule has 0 aromatic heterocycles. The Kier molecular flexibility index (Phi) is 4.95. The number of carbonyl (C=O) groups is 2. The lowest BCUT2D eigenvalue weighted by molar-refractivity contribution is -0.118. The second kappa shape index (κ2) is 7.49. The van der Waals surface area contributed by atoms with Crippen LogP contribution in [0.1, 0.15) is 28.8 Å². The summed E-state index contributed by atoms with van der Waals surface area (Å²) in [6, 6.07) is 15.7. The van der Waals surface area contributed by atoms with Crippen molar-refractivity contribution < 1.29 is 14.3 Å². The van der Waals surface area contributed by atoms with Crippen molar-refractivity contribution in [3.63, 3.8) is 0 Å². The van der Waals surface area contributed by atoms with Crippen LogP contribution >= 0.6 is 0 Å². The highest BCUT2D eigenvalue weighted by atomic mass is 16.5. The Morgan fingerprint density at radius 1 is 1.12 bits per heavy atom. The molecule has 6 nitrogen and oxygen atoms in total. The van der Waals surface area contributed by atoms with Gasteiger partial charge in [0, 0.05) is 17.3 Å². The summed E-state index contributed by atoms with van der Waals surface area (Å²) in [6.45, 7) is -0.206. The fourth-order valence-corrected chi connectivity index (χ4v) is 2.23. The minimum atomic E-state index is -0.345. The fourth-order valence-electron chi connectivity index (χ4n) is 2.23. The van der Waals surface area contributed by atoms with E-state index in [1.165, 1.54) is 0 Å². The number of nitrogens with zero attached hydrogens (tertiary/aromatic N) is 1. The lowest BCUT2D eigenvalue weighted by Gasteiger charge is -2.09. The van der Waals surface area contributed by atoms with Crippen molar-refractivity contribution >= 4 is 17.5 Å². The van der Waals surface area contributed by atoms with Gasteiger partial charge in [-0.15, -0.1) is 0 Å². The maximum Gasteiger partial charge on any atom is 0.262 e. The molecule has 6 heteroatoms.